The molecule has 3 amide bonds. The first-order valence-corrected chi connectivity index (χ1v) is 6.09. The minimum absolute atomic E-state index is 0.136. The average molecular weight is 320 g/mol. The third-order valence-electron chi connectivity index (χ3n) is 2.21. The molecule has 0 fully saturated rings. The standard InChI is InChI=1S/C11H11Cl2N3O4/c12-5-2-1-3-6(13)9(5)16-11(20)15-7(10(18)19)4-8(14)17/h1-3,7H,4H2,(H2,14,17)(H,18,19)(H2,15,16,20). The van der Waals surface area contributed by atoms with Crippen molar-refractivity contribution in [3.05, 3.63) is 28.2 Å². The molecule has 0 bridgehead atoms. The van der Waals surface area contributed by atoms with Crippen molar-refractivity contribution in [2.75, 3.05) is 5.32 Å². The van der Waals surface area contributed by atoms with Crippen molar-refractivity contribution in [1.82, 2.24) is 5.32 Å². The maximum atomic E-state index is 11.7. The van der Waals surface area contributed by atoms with Gasteiger partial charge in [-0.3, -0.25) is 4.79 Å². The molecule has 108 valence electrons. The summed E-state index contributed by atoms with van der Waals surface area (Å²) in [6, 6.07) is 2.28. The van der Waals surface area contributed by atoms with Crippen LogP contribution >= 0.6 is 23.2 Å². The molecule has 0 spiro atoms. The van der Waals surface area contributed by atoms with Crippen molar-refractivity contribution >= 4 is 46.8 Å². The number of rotatable bonds is 5. The highest BCUT2D eigenvalue weighted by molar-refractivity contribution is 6.39. The van der Waals surface area contributed by atoms with E-state index in [1.807, 2.05) is 0 Å². The van der Waals surface area contributed by atoms with Crippen molar-refractivity contribution in [3.63, 3.8) is 0 Å². The molecule has 1 unspecified atom stereocenters. The molecule has 0 saturated carbocycles. The zero-order valence-corrected chi connectivity index (χ0v) is 11.5. The lowest BCUT2D eigenvalue weighted by Crippen LogP contribution is -2.45. The van der Waals surface area contributed by atoms with Gasteiger partial charge in [-0.15, -0.1) is 0 Å². The van der Waals surface area contributed by atoms with Crippen LogP contribution in [-0.2, 0) is 9.59 Å². The quantitative estimate of drug-likeness (QED) is 0.656. The van der Waals surface area contributed by atoms with Crippen molar-refractivity contribution in [1.29, 1.82) is 0 Å². The number of carboxylic acid groups (broad SMARTS) is 1. The number of primary amides is 1. The molecule has 0 saturated heterocycles. The van der Waals surface area contributed by atoms with E-state index in [0.29, 0.717) is 0 Å². The lowest BCUT2D eigenvalue weighted by molar-refractivity contribution is -0.140. The minimum Gasteiger partial charge on any atom is -0.480 e. The number of aliphatic carboxylic acids is 1. The number of benzene rings is 1. The van der Waals surface area contributed by atoms with E-state index < -0.39 is 30.4 Å². The molecule has 0 aliphatic rings. The Balaban J connectivity index is 2.76. The van der Waals surface area contributed by atoms with Gasteiger partial charge in [0.15, 0.2) is 0 Å². The number of urea groups is 1. The number of carbonyl (C=O) groups excluding carboxylic acids is 2. The van der Waals surface area contributed by atoms with Crippen LogP contribution in [-0.4, -0.2) is 29.1 Å². The van der Waals surface area contributed by atoms with E-state index in [2.05, 4.69) is 10.6 Å². The third kappa shape index (κ3) is 4.60. The zero-order chi connectivity index (χ0) is 15.3. The number of hydrogen-bond acceptors (Lipinski definition) is 3. The molecule has 5 N–H and O–H groups in total. The topological polar surface area (TPSA) is 122 Å². The molecule has 0 aromatic heterocycles. The Morgan fingerprint density at radius 3 is 2.25 bits per heavy atom. The number of nitrogens with one attached hydrogen (secondary N) is 2. The van der Waals surface area contributed by atoms with Gasteiger partial charge < -0.3 is 21.5 Å². The summed E-state index contributed by atoms with van der Waals surface area (Å²) >= 11 is 11.7. The van der Waals surface area contributed by atoms with Gasteiger partial charge >= 0.3 is 12.0 Å². The Morgan fingerprint density at radius 2 is 1.80 bits per heavy atom. The van der Waals surface area contributed by atoms with Gasteiger partial charge in [-0.1, -0.05) is 29.3 Å². The average Bonchev–Trinajstić information content (AvgIpc) is 2.32. The first kappa shape index (κ1) is 16.1. The van der Waals surface area contributed by atoms with Crippen LogP contribution in [0, 0.1) is 0 Å². The number of halogens is 2. The van der Waals surface area contributed by atoms with Crippen LogP contribution in [0.15, 0.2) is 18.2 Å². The largest absolute Gasteiger partial charge is 0.480 e. The van der Waals surface area contributed by atoms with Crippen molar-refractivity contribution in [3.8, 4) is 0 Å². The molecule has 1 atom stereocenters. The van der Waals surface area contributed by atoms with Gasteiger partial charge in [0.05, 0.1) is 22.2 Å². The van der Waals surface area contributed by atoms with Crippen LogP contribution in [0.2, 0.25) is 10.0 Å². The fraction of sp³-hybridized carbons (Fsp3) is 0.182. The van der Waals surface area contributed by atoms with Gasteiger partial charge in [0.1, 0.15) is 6.04 Å². The summed E-state index contributed by atoms with van der Waals surface area (Å²) in [5.41, 5.74) is 5.03. The summed E-state index contributed by atoms with van der Waals surface area (Å²) in [6.07, 6.45) is -0.529. The first-order valence-electron chi connectivity index (χ1n) is 5.34. The van der Waals surface area contributed by atoms with Crippen LogP contribution in [0.4, 0.5) is 10.5 Å². The summed E-state index contributed by atoms with van der Waals surface area (Å²) in [4.78, 5) is 33.2. The Kier molecular flexibility index (Phi) is 5.60. The molecule has 9 heteroatoms. The molecule has 1 aromatic carbocycles. The van der Waals surface area contributed by atoms with Crippen molar-refractivity contribution in [2.24, 2.45) is 5.73 Å². The number of hydrogen-bond donors (Lipinski definition) is 4. The summed E-state index contributed by atoms with van der Waals surface area (Å²) in [5.74, 6) is -2.24. The highest BCUT2D eigenvalue weighted by Crippen LogP contribution is 2.29. The highest BCUT2D eigenvalue weighted by atomic mass is 35.5. The Labute approximate surface area is 124 Å². The molecule has 0 radical (unpaired) electrons. The van der Waals surface area contributed by atoms with Gasteiger partial charge in [-0.2, -0.15) is 0 Å². The number of carbonyl (C=O) groups is 3. The van der Waals surface area contributed by atoms with Gasteiger partial charge in [-0.25, -0.2) is 9.59 Å². The van der Waals surface area contributed by atoms with E-state index in [4.69, 9.17) is 34.0 Å². The molecule has 1 aromatic rings. The van der Waals surface area contributed by atoms with Crippen LogP contribution in [0.1, 0.15) is 6.42 Å². The summed E-state index contributed by atoms with van der Waals surface area (Å²) in [7, 11) is 0. The lowest BCUT2D eigenvalue weighted by Gasteiger charge is -2.14. The van der Waals surface area contributed by atoms with E-state index in [9.17, 15) is 14.4 Å². The molecular weight excluding hydrogens is 309 g/mol. The second-order valence-electron chi connectivity index (χ2n) is 3.76. The van der Waals surface area contributed by atoms with Gasteiger partial charge in [-0.05, 0) is 12.1 Å². The SMILES string of the molecule is NC(=O)CC(NC(=O)Nc1c(Cl)cccc1Cl)C(=O)O. The lowest BCUT2D eigenvalue weighted by atomic mass is 10.2. The van der Waals surface area contributed by atoms with E-state index in [0.717, 1.165) is 0 Å². The second kappa shape index (κ2) is 6.97. The number of para-hydroxylation sites is 1. The maximum Gasteiger partial charge on any atom is 0.326 e. The number of amides is 3. The van der Waals surface area contributed by atoms with Gasteiger partial charge in [0, 0.05) is 0 Å². The summed E-state index contributed by atoms with van der Waals surface area (Å²) in [5, 5.41) is 13.6. The maximum absolute atomic E-state index is 11.7. The van der Waals surface area contributed by atoms with E-state index in [1.54, 1.807) is 6.07 Å². The molecule has 20 heavy (non-hydrogen) atoms. The fourth-order valence-electron chi connectivity index (χ4n) is 1.33. The third-order valence-corrected chi connectivity index (χ3v) is 2.84. The fourth-order valence-corrected chi connectivity index (χ4v) is 1.82. The van der Waals surface area contributed by atoms with E-state index in [-0.39, 0.29) is 15.7 Å². The van der Waals surface area contributed by atoms with Gasteiger partial charge in [0.2, 0.25) is 5.91 Å². The zero-order valence-electron chi connectivity index (χ0n) is 10.0. The summed E-state index contributed by atoms with van der Waals surface area (Å²) in [6.45, 7) is 0. The monoisotopic (exact) mass is 319 g/mol. The molecule has 0 aliphatic carbocycles. The summed E-state index contributed by atoms with van der Waals surface area (Å²) < 4.78 is 0. The molecule has 1 rings (SSSR count). The molecule has 7 nitrogen and oxygen atoms in total. The van der Waals surface area contributed by atoms with Crippen molar-refractivity contribution < 1.29 is 19.5 Å². The Bertz CT molecular complexity index is 530. The van der Waals surface area contributed by atoms with E-state index in [1.165, 1.54) is 12.1 Å². The molecule has 0 heterocycles. The predicted octanol–water partition coefficient (Wildman–Crippen LogP) is 1.44. The molecular formula is C11H11Cl2N3O4. The first-order chi connectivity index (χ1) is 9.31. The van der Waals surface area contributed by atoms with Gasteiger partial charge in [0.25, 0.3) is 0 Å². The van der Waals surface area contributed by atoms with Crippen LogP contribution in [0.25, 0.3) is 0 Å². The number of carboxylic acids is 1. The number of anilines is 1. The Morgan fingerprint density at radius 1 is 1.25 bits per heavy atom. The van der Waals surface area contributed by atoms with E-state index >= 15 is 0 Å². The predicted molar refractivity (Wildman–Crippen MR) is 73.9 cm³/mol. The number of nitrogens with two attached hydrogens (primary N) is 1. The molecule has 0 aliphatic heterocycles. The smallest absolute Gasteiger partial charge is 0.326 e. The highest BCUT2D eigenvalue weighted by Gasteiger charge is 2.22. The van der Waals surface area contributed by atoms with Crippen LogP contribution < -0.4 is 16.4 Å². The minimum atomic E-state index is -1.44. The second-order valence-corrected chi connectivity index (χ2v) is 4.57. The normalized spacial score (nSPS) is 11.5. The Hall–Kier alpha value is -1.99. The van der Waals surface area contributed by atoms with Crippen LogP contribution in [0.3, 0.4) is 0 Å². The van der Waals surface area contributed by atoms with Crippen LogP contribution in [0.5, 0.6) is 0 Å². The van der Waals surface area contributed by atoms with Crippen molar-refractivity contribution in [2.45, 2.75) is 12.5 Å².